The average molecular weight is 375 g/mol. The molecular formula is C14H17BrClN3S. The molecule has 0 amide bonds. The third kappa shape index (κ3) is 4.52. The summed E-state index contributed by atoms with van der Waals surface area (Å²) in [6, 6.07) is 5.80. The van der Waals surface area contributed by atoms with Gasteiger partial charge in [-0.25, -0.2) is 0 Å². The zero-order valence-corrected chi connectivity index (χ0v) is 14.9. The van der Waals surface area contributed by atoms with Crippen LogP contribution in [0.4, 0.5) is 0 Å². The van der Waals surface area contributed by atoms with Crippen molar-refractivity contribution in [3.63, 3.8) is 0 Å². The van der Waals surface area contributed by atoms with E-state index in [1.165, 1.54) is 0 Å². The number of hydrogen-bond donors (Lipinski definition) is 1. The van der Waals surface area contributed by atoms with E-state index in [0.29, 0.717) is 5.02 Å². The third-order valence-corrected chi connectivity index (χ3v) is 4.87. The Bertz CT molecular complexity index is 592. The molecule has 0 saturated carbocycles. The number of nitrogens with one attached hydrogen (secondary N) is 1. The summed E-state index contributed by atoms with van der Waals surface area (Å²) in [6.07, 6.45) is 0.893. The fraction of sp³-hybridized carbons (Fsp3) is 0.429. The molecule has 0 spiro atoms. The van der Waals surface area contributed by atoms with Crippen LogP contribution in [0, 0.1) is 0 Å². The summed E-state index contributed by atoms with van der Waals surface area (Å²) in [6.45, 7) is 7.37. The predicted octanol–water partition coefficient (Wildman–Crippen LogP) is 4.55. The van der Waals surface area contributed by atoms with Gasteiger partial charge in [-0.3, -0.25) is 0 Å². The number of rotatable bonds is 4. The van der Waals surface area contributed by atoms with Crippen LogP contribution in [0.3, 0.4) is 0 Å². The Hall–Kier alpha value is -0.490. The van der Waals surface area contributed by atoms with E-state index in [9.17, 15) is 0 Å². The maximum Gasteiger partial charge on any atom is 0.147 e. The molecule has 1 aromatic heterocycles. The highest BCUT2D eigenvalue weighted by atomic mass is 79.9. The smallest absolute Gasteiger partial charge is 0.147 e. The Kier molecular flexibility index (Phi) is 5.18. The molecule has 0 aliphatic rings. The summed E-state index contributed by atoms with van der Waals surface area (Å²) < 4.78 is 0.878. The lowest BCUT2D eigenvalue weighted by atomic mass is 10.1. The van der Waals surface area contributed by atoms with Gasteiger partial charge in [0.05, 0.1) is 5.02 Å². The summed E-state index contributed by atoms with van der Waals surface area (Å²) in [7, 11) is 0. The van der Waals surface area contributed by atoms with Crippen LogP contribution in [0.1, 0.15) is 25.8 Å². The number of hydrogen-bond acceptors (Lipinski definition) is 4. The topological polar surface area (TPSA) is 37.8 Å². The molecule has 0 saturated heterocycles. The Balaban J connectivity index is 2.03. The van der Waals surface area contributed by atoms with Crippen molar-refractivity contribution >= 4 is 38.9 Å². The highest BCUT2D eigenvalue weighted by molar-refractivity contribution is 9.10. The first kappa shape index (κ1) is 15.9. The van der Waals surface area contributed by atoms with Crippen LogP contribution >= 0.6 is 38.9 Å². The second-order valence-corrected chi connectivity index (χ2v) is 7.88. The van der Waals surface area contributed by atoms with Crippen molar-refractivity contribution in [3.8, 4) is 10.6 Å². The van der Waals surface area contributed by atoms with Crippen molar-refractivity contribution in [1.29, 1.82) is 0 Å². The monoisotopic (exact) mass is 373 g/mol. The van der Waals surface area contributed by atoms with Crippen LogP contribution < -0.4 is 5.32 Å². The molecule has 1 heterocycles. The van der Waals surface area contributed by atoms with E-state index in [1.807, 2.05) is 18.2 Å². The molecule has 0 unspecified atom stereocenters. The van der Waals surface area contributed by atoms with E-state index in [1.54, 1.807) is 11.3 Å². The van der Waals surface area contributed by atoms with Crippen LogP contribution in [-0.4, -0.2) is 22.3 Å². The van der Waals surface area contributed by atoms with Crippen LogP contribution in [0.5, 0.6) is 0 Å². The zero-order chi connectivity index (χ0) is 14.8. The van der Waals surface area contributed by atoms with Gasteiger partial charge in [-0.05, 0) is 48.8 Å². The minimum absolute atomic E-state index is 0.133. The minimum Gasteiger partial charge on any atom is -0.312 e. The van der Waals surface area contributed by atoms with Gasteiger partial charge < -0.3 is 5.32 Å². The lowest BCUT2D eigenvalue weighted by molar-refractivity contribution is 0.429. The molecule has 6 heteroatoms. The summed E-state index contributed by atoms with van der Waals surface area (Å²) in [5.41, 5.74) is 1.17. The second-order valence-electron chi connectivity index (χ2n) is 5.56. The van der Waals surface area contributed by atoms with Crippen LogP contribution in [0.25, 0.3) is 10.6 Å². The first-order chi connectivity index (χ1) is 9.35. The van der Waals surface area contributed by atoms with E-state index >= 15 is 0 Å². The lowest BCUT2D eigenvalue weighted by Crippen LogP contribution is -2.37. The third-order valence-electron chi connectivity index (χ3n) is 2.63. The van der Waals surface area contributed by atoms with Crippen LogP contribution in [0.15, 0.2) is 22.7 Å². The molecule has 0 radical (unpaired) electrons. The molecule has 2 rings (SSSR count). The molecule has 3 nitrogen and oxygen atoms in total. The molecule has 20 heavy (non-hydrogen) atoms. The van der Waals surface area contributed by atoms with Gasteiger partial charge >= 0.3 is 0 Å². The maximum atomic E-state index is 6.00. The molecule has 0 aliphatic heterocycles. The highest BCUT2D eigenvalue weighted by Crippen LogP contribution is 2.30. The average Bonchev–Trinajstić information content (AvgIpc) is 2.80. The largest absolute Gasteiger partial charge is 0.312 e. The fourth-order valence-corrected chi connectivity index (χ4v) is 2.98. The zero-order valence-electron chi connectivity index (χ0n) is 11.7. The van der Waals surface area contributed by atoms with Gasteiger partial charge in [-0.2, -0.15) is 0 Å². The minimum atomic E-state index is 0.133. The SMILES string of the molecule is CC(C)(C)NCCc1nnc(-c2ccc(Cl)c(Br)c2)s1. The summed E-state index contributed by atoms with van der Waals surface area (Å²) in [5.74, 6) is 0. The van der Waals surface area contributed by atoms with E-state index in [2.05, 4.69) is 52.2 Å². The normalized spacial score (nSPS) is 11.8. The van der Waals surface area contributed by atoms with Crippen molar-refractivity contribution in [1.82, 2.24) is 15.5 Å². The molecule has 0 bridgehead atoms. The first-order valence-electron chi connectivity index (χ1n) is 6.38. The molecule has 0 fully saturated rings. The Morgan fingerprint density at radius 3 is 2.70 bits per heavy atom. The second kappa shape index (κ2) is 6.52. The molecule has 1 N–H and O–H groups in total. The van der Waals surface area contributed by atoms with Gasteiger partial charge in [0.1, 0.15) is 10.0 Å². The molecule has 108 valence electrons. The van der Waals surface area contributed by atoms with E-state index in [-0.39, 0.29) is 5.54 Å². The molecule has 0 aliphatic carbocycles. The highest BCUT2D eigenvalue weighted by Gasteiger charge is 2.11. The van der Waals surface area contributed by atoms with Crippen molar-refractivity contribution in [2.75, 3.05) is 6.54 Å². The number of nitrogens with zero attached hydrogens (tertiary/aromatic N) is 2. The summed E-state index contributed by atoms with van der Waals surface area (Å²) in [5, 5.41) is 14.6. The number of halogens is 2. The number of aromatic nitrogens is 2. The first-order valence-corrected chi connectivity index (χ1v) is 8.37. The lowest BCUT2D eigenvalue weighted by Gasteiger charge is -2.19. The van der Waals surface area contributed by atoms with Gasteiger partial charge in [0, 0.05) is 28.5 Å². The van der Waals surface area contributed by atoms with Crippen molar-refractivity contribution < 1.29 is 0 Å². The predicted molar refractivity (Wildman–Crippen MR) is 89.5 cm³/mol. The van der Waals surface area contributed by atoms with Gasteiger partial charge in [0.2, 0.25) is 0 Å². The van der Waals surface area contributed by atoms with Crippen molar-refractivity contribution in [2.45, 2.75) is 32.7 Å². The molecule has 0 atom stereocenters. The van der Waals surface area contributed by atoms with Gasteiger partial charge in [-0.15, -0.1) is 10.2 Å². The summed E-state index contributed by atoms with van der Waals surface area (Å²) >= 11 is 11.1. The Morgan fingerprint density at radius 1 is 1.30 bits per heavy atom. The quantitative estimate of drug-likeness (QED) is 0.853. The van der Waals surface area contributed by atoms with E-state index in [4.69, 9.17) is 11.6 Å². The van der Waals surface area contributed by atoms with Crippen molar-refractivity contribution in [3.05, 3.63) is 32.7 Å². The standard InChI is InChI=1S/C14H17BrClN3S/c1-14(2,3)17-7-6-12-18-19-13(20-12)9-4-5-11(16)10(15)8-9/h4-5,8,17H,6-7H2,1-3H3. The number of benzene rings is 1. The Morgan fingerprint density at radius 2 is 2.05 bits per heavy atom. The van der Waals surface area contributed by atoms with E-state index < -0.39 is 0 Å². The molecule has 1 aromatic carbocycles. The fourth-order valence-electron chi connectivity index (χ4n) is 1.64. The van der Waals surface area contributed by atoms with E-state index in [0.717, 1.165) is 33.0 Å². The molecule has 2 aromatic rings. The summed E-state index contributed by atoms with van der Waals surface area (Å²) in [4.78, 5) is 0. The van der Waals surface area contributed by atoms with Crippen LogP contribution in [-0.2, 0) is 6.42 Å². The Labute approximate surface area is 136 Å². The van der Waals surface area contributed by atoms with Gasteiger partial charge in [-0.1, -0.05) is 29.0 Å². The van der Waals surface area contributed by atoms with Gasteiger partial charge in [0.25, 0.3) is 0 Å². The molecular weight excluding hydrogens is 358 g/mol. The van der Waals surface area contributed by atoms with Gasteiger partial charge in [0.15, 0.2) is 0 Å². The van der Waals surface area contributed by atoms with Crippen molar-refractivity contribution in [2.24, 2.45) is 0 Å². The van der Waals surface area contributed by atoms with Crippen LogP contribution in [0.2, 0.25) is 5.02 Å². The maximum absolute atomic E-state index is 6.00.